The molecular weight excluding hydrogens is 288 g/mol. The number of aliphatic hydroxyl groups is 1. The maximum absolute atomic E-state index is 12.5. The van der Waals surface area contributed by atoms with Crippen LogP contribution in [0.1, 0.15) is 43.2 Å². The number of nitrogens with one attached hydrogen (secondary N) is 1. The quantitative estimate of drug-likeness (QED) is 0.733. The normalized spacial score (nSPS) is 23.8. The number of aryl methyl sites for hydroxylation is 1. The van der Waals surface area contributed by atoms with Crippen molar-refractivity contribution in [2.24, 2.45) is 5.73 Å². The summed E-state index contributed by atoms with van der Waals surface area (Å²) in [5, 5.41) is 10.1. The van der Waals surface area contributed by atoms with Crippen molar-refractivity contribution >= 4 is 10.0 Å². The number of sulfonamides is 1. The van der Waals surface area contributed by atoms with Gasteiger partial charge in [0, 0.05) is 12.6 Å². The number of nitrogens with two attached hydrogens (primary N) is 1. The summed E-state index contributed by atoms with van der Waals surface area (Å²) in [6, 6.07) is 4.55. The van der Waals surface area contributed by atoms with E-state index in [9.17, 15) is 13.5 Å². The van der Waals surface area contributed by atoms with Crippen molar-refractivity contribution in [2.75, 3.05) is 0 Å². The fraction of sp³-hybridized carbons (Fsp3) is 0.600. The first-order chi connectivity index (χ1) is 9.94. The molecule has 2 rings (SSSR count). The molecule has 4 N–H and O–H groups in total. The third kappa shape index (κ3) is 4.03. The average molecular weight is 312 g/mol. The molecule has 0 heterocycles. The Balaban J connectivity index is 2.19. The SMILES string of the molecule is Cc1cc(S(=O)(=O)NC2CCCCCC2O)ccc1CN. The lowest BCUT2D eigenvalue weighted by Crippen LogP contribution is -2.42. The van der Waals surface area contributed by atoms with Crippen LogP contribution in [0.5, 0.6) is 0 Å². The molecular formula is C15H24N2O3S. The van der Waals surface area contributed by atoms with Crippen molar-refractivity contribution in [1.29, 1.82) is 0 Å². The molecule has 1 aliphatic rings. The van der Waals surface area contributed by atoms with E-state index < -0.39 is 22.2 Å². The first-order valence-electron chi connectivity index (χ1n) is 7.44. The highest BCUT2D eigenvalue weighted by molar-refractivity contribution is 7.89. The minimum absolute atomic E-state index is 0.230. The standard InChI is InChI=1S/C15H24N2O3S/c1-11-9-13(8-7-12(11)10-16)21(19,20)17-14-5-3-2-4-6-15(14)18/h7-9,14-15,17-18H,2-6,10,16H2,1H3. The molecule has 0 saturated heterocycles. The van der Waals surface area contributed by atoms with Crippen molar-refractivity contribution in [1.82, 2.24) is 4.72 Å². The fourth-order valence-electron chi connectivity index (χ4n) is 2.76. The van der Waals surface area contributed by atoms with E-state index in [1.807, 2.05) is 6.92 Å². The van der Waals surface area contributed by atoms with Gasteiger partial charge in [0.05, 0.1) is 11.0 Å². The number of aliphatic hydroxyl groups excluding tert-OH is 1. The van der Waals surface area contributed by atoms with Gasteiger partial charge in [0.2, 0.25) is 10.0 Å². The molecule has 1 aliphatic carbocycles. The zero-order valence-corrected chi connectivity index (χ0v) is 13.2. The minimum atomic E-state index is -3.61. The Kier molecular flexibility index (Phi) is 5.37. The van der Waals surface area contributed by atoms with Gasteiger partial charge in [-0.1, -0.05) is 25.3 Å². The number of rotatable bonds is 4. The third-order valence-corrected chi connectivity index (χ3v) is 5.62. The summed E-state index contributed by atoms with van der Waals surface area (Å²) in [5.74, 6) is 0. The van der Waals surface area contributed by atoms with Gasteiger partial charge in [0.1, 0.15) is 0 Å². The maximum Gasteiger partial charge on any atom is 0.240 e. The van der Waals surface area contributed by atoms with Crippen molar-refractivity contribution in [3.05, 3.63) is 29.3 Å². The molecule has 118 valence electrons. The van der Waals surface area contributed by atoms with Crippen LogP contribution in [0.4, 0.5) is 0 Å². The average Bonchev–Trinajstić information content (AvgIpc) is 2.64. The zero-order chi connectivity index (χ0) is 15.5. The lowest BCUT2D eigenvalue weighted by Gasteiger charge is -2.22. The molecule has 0 radical (unpaired) electrons. The zero-order valence-electron chi connectivity index (χ0n) is 12.4. The number of hydrogen-bond donors (Lipinski definition) is 3. The summed E-state index contributed by atoms with van der Waals surface area (Å²) in [4.78, 5) is 0.230. The minimum Gasteiger partial charge on any atom is -0.391 e. The topological polar surface area (TPSA) is 92.4 Å². The van der Waals surface area contributed by atoms with Crippen LogP contribution in [0.3, 0.4) is 0 Å². The molecule has 0 aromatic heterocycles. The van der Waals surface area contributed by atoms with E-state index in [0.717, 1.165) is 30.4 Å². The Hall–Kier alpha value is -0.950. The molecule has 5 nitrogen and oxygen atoms in total. The lowest BCUT2D eigenvalue weighted by molar-refractivity contribution is 0.130. The highest BCUT2D eigenvalue weighted by Crippen LogP contribution is 2.21. The van der Waals surface area contributed by atoms with Gasteiger partial charge in [-0.3, -0.25) is 0 Å². The molecule has 1 saturated carbocycles. The van der Waals surface area contributed by atoms with E-state index in [1.54, 1.807) is 18.2 Å². The van der Waals surface area contributed by atoms with E-state index >= 15 is 0 Å². The monoisotopic (exact) mass is 312 g/mol. The summed E-state index contributed by atoms with van der Waals surface area (Å²) in [6.07, 6.45) is 3.66. The molecule has 6 heteroatoms. The van der Waals surface area contributed by atoms with Crippen molar-refractivity contribution in [3.63, 3.8) is 0 Å². The van der Waals surface area contributed by atoms with Crippen molar-refractivity contribution < 1.29 is 13.5 Å². The second-order valence-corrected chi connectivity index (χ2v) is 7.44. The van der Waals surface area contributed by atoms with E-state index in [0.29, 0.717) is 19.4 Å². The van der Waals surface area contributed by atoms with Crippen LogP contribution in [-0.2, 0) is 16.6 Å². The fourth-order valence-corrected chi connectivity index (χ4v) is 4.15. The van der Waals surface area contributed by atoms with Crippen LogP contribution in [0.25, 0.3) is 0 Å². The van der Waals surface area contributed by atoms with Crippen LogP contribution in [0.2, 0.25) is 0 Å². The van der Waals surface area contributed by atoms with E-state index in [2.05, 4.69) is 4.72 Å². The molecule has 0 bridgehead atoms. The second kappa shape index (κ2) is 6.87. The molecule has 2 unspecified atom stereocenters. The van der Waals surface area contributed by atoms with E-state index in [4.69, 9.17) is 5.73 Å². The first kappa shape index (κ1) is 16.4. The van der Waals surface area contributed by atoms with Gasteiger partial charge < -0.3 is 10.8 Å². The molecule has 1 fully saturated rings. The maximum atomic E-state index is 12.5. The molecule has 0 spiro atoms. The van der Waals surface area contributed by atoms with E-state index in [-0.39, 0.29) is 4.90 Å². The predicted molar refractivity (Wildman–Crippen MR) is 82.3 cm³/mol. The largest absolute Gasteiger partial charge is 0.391 e. The molecule has 0 aliphatic heterocycles. The van der Waals surface area contributed by atoms with Crippen molar-refractivity contribution in [3.8, 4) is 0 Å². The predicted octanol–water partition coefficient (Wildman–Crippen LogP) is 1.43. The summed E-state index contributed by atoms with van der Waals surface area (Å²) in [6.45, 7) is 2.24. The first-order valence-corrected chi connectivity index (χ1v) is 8.92. The van der Waals surface area contributed by atoms with Crippen molar-refractivity contribution in [2.45, 2.75) is 62.6 Å². The Morgan fingerprint density at radius 2 is 2.00 bits per heavy atom. The Morgan fingerprint density at radius 1 is 1.29 bits per heavy atom. The molecule has 0 amide bonds. The second-order valence-electron chi connectivity index (χ2n) is 5.73. The smallest absolute Gasteiger partial charge is 0.240 e. The molecule has 1 aromatic rings. The van der Waals surface area contributed by atoms with E-state index in [1.165, 1.54) is 0 Å². The summed E-state index contributed by atoms with van der Waals surface area (Å²) >= 11 is 0. The Labute approximate surface area is 126 Å². The van der Waals surface area contributed by atoms with Gasteiger partial charge in [0.15, 0.2) is 0 Å². The van der Waals surface area contributed by atoms with Crippen LogP contribution in [-0.4, -0.2) is 25.7 Å². The number of benzene rings is 1. The van der Waals surface area contributed by atoms with Crippen LogP contribution in [0, 0.1) is 6.92 Å². The Bertz CT molecular complexity index is 587. The summed E-state index contributed by atoms with van der Waals surface area (Å²) < 4.78 is 27.6. The van der Waals surface area contributed by atoms with Gasteiger partial charge in [0.25, 0.3) is 0 Å². The van der Waals surface area contributed by atoms with Gasteiger partial charge in [-0.25, -0.2) is 13.1 Å². The highest BCUT2D eigenvalue weighted by atomic mass is 32.2. The summed E-state index contributed by atoms with van der Waals surface area (Å²) in [5.41, 5.74) is 7.39. The highest BCUT2D eigenvalue weighted by Gasteiger charge is 2.27. The Morgan fingerprint density at radius 3 is 2.67 bits per heavy atom. The van der Waals surface area contributed by atoms with Crippen LogP contribution in [0.15, 0.2) is 23.1 Å². The van der Waals surface area contributed by atoms with Gasteiger partial charge in [-0.05, 0) is 43.0 Å². The van der Waals surface area contributed by atoms with Crippen LogP contribution < -0.4 is 10.5 Å². The van der Waals surface area contributed by atoms with Gasteiger partial charge >= 0.3 is 0 Å². The van der Waals surface area contributed by atoms with Crippen LogP contribution >= 0.6 is 0 Å². The lowest BCUT2D eigenvalue weighted by atomic mass is 10.1. The third-order valence-electron chi connectivity index (χ3n) is 4.13. The summed E-state index contributed by atoms with van der Waals surface area (Å²) in [7, 11) is -3.61. The van der Waals surface area contributed by atoms with Gasteiger partial charge in [-0.15, -0.1) is 0 Å². The molecule has 21 heavy (non-hydrogen) atoms. The number of hydrogen-bond acceptors (Lipinski definition) is 4. The van der Waals surface area contributed by atoms with Gasteiger partial charge in [-0.2, -0.15) is 0 Å². The molecule has 1 aromatic carbocycles. The molecule has 2 atom stereocenters.